The maximum atomic E-state index is 12.1. The fraction of sp³-hybridized carbons (Fsp3) is 0.368. The average molecular weight is 341 g/mol. The minimum atomic E-state index is -0.158. The highest BCUT2D eigenvalue weighted by atomic mass is 16.3. The summed E-state index contributed by atoms with van der Waals surface area (Å²) in [6.45, 7) is 2.03. The van der Waals surface area contributed by atoms with Gasteiger partial charge in [-0.1, -0.05) is 12.1 Å². The summed E-state index contributed by atoms with van der Waals surface area (Å²) in [5.74, 6) is 0.894. The number of nitrogens with one attached hydrogen (secondary N) is 3. The van der Waals surface area contributed by atoms with Crippen LogP contribution in [0.15, 0.2) is 41.0 Å². The van der Waals surface area contributed by atoms with Crippen molar-refractivity contribution in [1.82, 2.24) is 10.6 Å². The molecule has 0 saturated carbocycles. The van der Waals surface area contributed by atoms with E-state index < -0.39 is 0 Å². The Hall–Kier alpha value is -2.76. The summed E-state index contributed by atoms with van der Waals surface area (Å²) in [5.41, 5.74) is 2.97. The van der Waals surface area contributed by atoms with E-state index in [2.05, 4.69) is 16.0 Å². The minimum absolute atomic E-state index is 0.0273. The number of urea groups is 1. The predicted molar refractivity (Wildman–Crippen MR) is 95.4 cm³/mol. The zero-order valence-electron chi connectivity index (χ0n) is 14.3. The quantitative estimate of drug-likeness (QED) is 0.781. The average Bonchev–Trinajstić information content (AvgIpc) is 3.06. The summed E-state index contributed by atoms with van der Waals surface area (Å²) in [7, 11) is 0. The fourth-order valence-electron chi connectivity index (χ4n) is 3.12. The van der Waals surface area contributed by atoms with Crippen LogP contribution in [0.4, 0.5) is 10.5 Å². The highest BCUT2D eigenvalue weighted by Crippen LogP contribution is 2.30. The molecule has 6 nitrogen and oxygen atoms in total. The summed E-state index contributed by atoms with van der Waals surface area (Å²) < 4.78 is 5.44. The molecule has 0 unspecified atom stereocenters. The molecule has 0 saturated heterocycles. The maximum absolute atomic E-state index is 12.1. The van der Waals surface area contributed by atoms with Gasteiger partial charge in [0.15, 0.2) is 0 Å². The molecule has 132 valence electrons. The largest absolute Gasteiger partial charge is 0.469 e. The molecule has 0 radical (unpaired) electrons. The Bertz CT molecular complexity index is 737. The molecule has 1 aliphatic carbocycles. The number of carbonyl (C=O) groups is 2. The van der Waals surface area contributed by atoms with Gasteiger partial charge in [-0.15, -0.1) is 0 Å². The number of carbonyl (C=O) groups excluding carboxylic acids is 2. The number of anilines is 1. The standard InChI is InChI=1S/C19H23N3O3/c1-13(23)21-15-7-5-14(6-8-15)9-11-20-19(24)22-17-3-2-4-18-16(17)10-12-25-18/h5-8,10,12,17H,2-4,9,11H2,1H3,(H,21,23)(H2,20,22,24)/t17-/m1/s1. The molecule has 1 heterocycles. The van der Waals surface area contributed by atoms with E-state index in [0.29, 0.717) is 6.54 Å². The van der Waals surface area contributed by atoms with Gasteiger partial charge in [-0.2, -0.15) is 0 Å². The Labute approximate surface area is 147 Å². The molecule has 0 bridgehead atoms. The van der Waals surface area contributed by atoms with Crippen molar-refractivity contribution in [3.63, 3.8) is 0 Å². The van der Waals surface area contributed by atoms with Crippen LogP contribution in [0.5, 0.6) is 0 Å². The second-order valence-corrected chi connectivity index (χ2v) is 6.27. The molecular weight excluding hydrogens is 318 g/mol. The topological polar surface area (TPSA) is 83.4 Å². The predicted octanol–water partition coefficient (Wildman–Crippen LogP) is 3.16. The van der Waals surface area contributed by atoms with Gasteiger partial charge in [0.05, 0.1) is 12.3 Å². The first-order valence-electron chi connectivity index (χ1n) is 8.59. The Morgan fingerprint density at radius 3 is 2.76 bits per heavy atom. The van der Waals surface area contributed by atoms with Crippen LogP contribution in [0.25, 0.3) is 0 Å². The zero-order valence-corrected chi connectivity index (χ0v) is 14.3. The minimum Gasteiger partial charge on any atom is -0.469 e. The van der Waals surface area contributed by atoms with Crippen LogP contribution in [0.1, 0.15) is 42.7 Å². The molecule has 1 aromatic heterocycles. The first-order chi connectivity index (χ1) is 12.1. The maximum Gasteiger partial charge on any atom is 0.315 e. The lowest BCUT2D eigenvalue weighted by Gasteiger charge is -2.22. The molecule has 6 heteroatoms. The van der Waals surface area contributed by atoms with Crippen LogP contribution >= 0.6 is 0 Å². The third-order valence-corrected chi connectivity index (χ3v) is 4.33. The first-order valence-corrected chi connectivity index (χ1v) is 8.59. The van der Waals surface area contributed by atoms with Gasteiger partial charge in [-0.05, 0) is 43.0 Å². The molecule has 1 aliphatic rings. The SMILES string of the molecule is CC(=O)Nc1ccc(CCNC(=O)N[C@@H]2CCCc3occc32)cc1. The molecule has 1 aromatic carbocycles. The lowest BCUT2D eigenvalue weighted by Crippen LogP contribution is -2.39. The monoisotopic (exact) mass is 341 g/mol. The summed E-state index contributed by atoms with van der Waals surface area (Å²) >= 11 is 0. The van der Waals surface area contributed by atoms with E-state index in [1.807, 2.05) is 30.3 Å². The highest BCUT2D eigenvalue weighted by molar-refractivity contribution is 5.88. The van der Waals surface area contributed by atoms with Crippen molar-refractivity contribution in [2.75, 3.05) is 11.9 Å². The van der Waals surface area contributed by atoms with Gasteiger partial charge >= 0.3 is 6.03 Å². The molecule has 0 spiro atoms. The molecule has 0 fully saturated rings. The molecule has 2 aromatic rings. The number of benzene rings is 1. The molecule has 25 heavy (non-hydrogen) atoms. The highest BCUT2D eigenvalue weighted by Gasteiger charge is 2.23. The summed E-state index contributed by atoms with van der Waals surface area (Å²) in [6.07, 6.45) is 5.32. The van der Waals surface area contributed by atoms with Crippen molar-refractivity contribution < 1.29 is 14.0 Å². The lowest BCUT2D eigenvalue weighted by atomic mass is 9.93. The van der Waals surface area contributed by atoms with Crippen molar-refractivity contribution in [2.45, 2.75) is 38.6 Å². The molecular formula is C19H23N3O3. The Balaban J connectivity index is 1.43. The van der Waals surface area contributed by atoms with E-state index in [1.54, 1.807) is 6.26 Å². The van der Waals surface area contributed by atoms with E-state index in [0.717, 1.165) is 48.3 Å². The number of hydrogen-bond acceptors (Lipinski definition) is 3. The van der Waals surface area contributed by atoms with Crippen LogP contribution in [0.3, 0.4) is 0 Å². The lowest BCUT2D eigenvalue weighted by molar-refractivity contribution is -0.114. The fourth-order valence-corrected chi connectivity index (χ4v) is 3.12. The number of aryl methyl sites for hydroxylation is 1. The molecule has 1 atom stereocenters. The Kier molecular flexibility index (Phi) is 5.38. The number of furan rings is 1. The van der Waals surface area contributed by atoms with Gasteiger partial charge in [0.25, 0.3) is 0 Å². The van der Waals surface area contributed by atoms with Crippen molar-refractivity contribution in [2.24, 2.45) is 0 Å². The smallest absolute Gasteiger partial charge is 0.315 e. The van der Waals surface area contributed by atoms with Gasteiger partial charge in [-0.25, -0.2) is 4.79 Å². The number of rotatable bonds is 5. The van der Waals surface area contributed by atoms with Crippen LogP contribution in [0, 0.1) is 0 Å². The van der Waals surface area contributed by atoms with E-state index in [4.69, 9.17) is 4.42 Å². The normalized spacial score (nSPS) is 16.0. The molecule has 3 N–H and O–H groups in total. The zero-order chi connectivity index (χ0) is 17.6. The van der Waals surface area contributed by atoms with E-state index in [9.17, 15) is 9.59 Å². The summed E-state index contributed by atoms with van der Waals surface area (Å²) in [4.78, 5) is 23.1. The van der Waals surface area contributed by atoms with Gasteiger partial charge in [0.2, 0.25) is 5.91 Å². The number of amides is 3. The van der Waals surface area contributed by atoms with Gasteiger partial charge in [0, 0.05) is 31.1 Å². The van der Waals surface area contributed by atoms with Crippen LogP contribution in [-0.2, 0) is 17.6 Å². The number of hydrogen-bond donors (Lipinski definition) is 3. The van der Waals surface area contributed by atoms with Crippen LogP contribution < -0.4 is 16.0 Å². The molecule has 3 rings (SSSR count). The second-order valence-electron chi connectivity index (χ2n) is 6.27. The second kappa shape index (κ2) is 7.88. The third-order valence-electron chi connectivity index (χ3n) is 4.33. The van der Waals surface area contributed by atoms with Gasteiger partial charge in [0.1, 0.15) is 5.76 Å². The van der Waals surface area contributed by atoms with Crippen molar-refractivity contribution >= 4 is 17.6 Å². The van der Waals surface area contributed by atoms with Crippen LogP contribution in [0.2, 0.25) is 0 Å². The van der Waals surface area contributed by atoms with Crippen molar-refractivity contribution in [1.29, 1.82) is 0 Å². The molecule has 3 amide bonds. The molecule has 0 aliphatic heterocycles. The number of fused-ring (bicyclic) bond motifs is 1. The first kappa shape index (κ1) is 17.1. The van der Waals surface area contributed by atoms with E-state index >= 15 is 0 Å². The summed E-state index contributed by atoms with van der Waals surface area (Å²) in [6, 6.07) is 9.43. The van der Waals surface area contributed by atoms with Crippen molar-refractivity contribution in [3.05, 3.63) is 53.5 Å². The van der Waals surface area contributed by atoms with Crippen molar-refractivity contribution in [3.8, 4) is 0 Å². The van der Waals surface area contributed by atoms with Gasteiger partial charge < -0.3 is 20.4 Å². The third kappa shape index (κ3) is 4.62. The van der Waals surface area contributed by atoms with E-state index in [1.165, 1.54) is 6.92 Å². The van der Waals surface area contributed by atoms with Crippen LogP contribution in [-0.4, -0.2) is 18.5 Å². The van der Waals surface area contributed by atoms with Gasteiger partial charge in [-0.3, -0.25) is 4.79 Å². The van der Waals surface area contributed by atoms with E-state index in [-0.39, 0.29) is 18.0 Å². The summed E-state index contributed by atoms with van der Waals surface area (Å²) in [5, 5.41) is 8.65. The Morgan fingerprint density at radius 2 is 2.00 bits per heavy atom. The Morgan fingerprint density at radius 1 is 1.20 bits per heavy atom.